The van der Waals surface area contributed by atoms with Crippen molar-refractivity contribution in [3.05, 3.63) is 0 Å². The lowest BCUT2D eigenvalue weighted by Gasteiger charge is -2.48. The molecule has 0 amide bonds. The molecule has 12 N–H and O–H groups in total. The molecule has 0 radical (unpaired) electrons. The topological polar surface area (TPSA) is 401 Å². The first-order valence-corrected chi connectivity index (χ1v) is 17.2. The van der Waals surface area contributed by atoms with E-state index in [1.165, 1.54) is 0 Å². The number of hydrogen-bond acceptors (Lipinski definition) is 12. The van der Waals surface area contributed by atoms with E-state index in [4.69, 9.17) is 58.7 Å². The van der Waals surface area contributed by atoms with Crippen LogP contribution in [0.3, 0.4) is 0 Å². The minimum atomic E-state index is -6.02. The highest BCUT2D eigenvalue weighted by Crippen LogP contribution is 2.57. The molecule has 0 heterocycles. The first-order valence-electron chi connectivity index (χ1n) is 8.01. The van der Waals surface area contributed by atoms with Crippen LogP contribution in [-0.2, 0) is 54.5 Å². The van der Waals surface area contributed by atoms with Crippen molar-refractivity contribution in [2.75, 3.05) is 0 Å². The summed E-state index contributed by atoms with van der Waals surface area (Å²) >= 11 is 0. The predicted molar refractivity (Wildman–Crippen MR) is 102 cm³/mol. The SMILES string of the molecule is O=P(O)(O)OC1C(OP(=O)(O)O)[C@H](OP(=O)(O)O)[C@H](OP(=O)(O)O)C(OP(=O)(O)O)[C@H]1OP(=O)(O)O. The van der Waals surface area contributed by atoms with Crippen LogP contribution < -0.4 is 0 Å². The number of phosphoric acid groups is 6. The number of rotatable bonds is 12. The summed E-state index contributed by atoms with van der Waals surface area (Å²) in [4.78, 5) is 110. The zero-order valence-corrected chi connectivity index (χ0v) is 21.8. The van der Waals surface area contributed by atoms with E-state index in [0.717, 1.165) is 0 Å². The highest BCUT2D eigenvalue weighted by atomic mass is 31.2. The second-order valence-electron chi connectivity index (χ2n) is 6.36. The molecule has 216 valence electrons. The number of phosphoric ester groups is 6. The van der Waals surface area contributed by atoms with Crippen molar-refractivity contribution < 1.29 is 113 Å². The summed E-state index contributed by atoms with van der Waals surface area (Å²) in [6, 6.07) is 0. The van der Waals surface area contributed by atoms with Gasteiger partial charge in [-0.2, -0.15) is 0 Å². The molecule has 0 bridgehead atoms. The normalized spacial score (nSPS) is 29.3. The molecule has 1 aliphatic carbocycles. The van der Waals surface area contributed by atoms with Crippen molar-refractivity contribution in [3.8, 4) is 0 Å². The second kappa shape index (κ2) is 11.6. The minimum Gasteiger partial charge on any atom is -0.303 e. The van der Waals surface area contributed by atoms with Gasteiger partial charge in [-0.25, -0.2) is 27.4 Å². The van der Waals surface area contributed by atoms with Crippen LogP contribution in [0.2, 0.25) is 0 Å². The van der Waals surface area contributed by atoms with Crippen molar-refractivity contribution in [1.29, 1.82) is 0 Å². The van der Waals surface area contributed by atoms with Gasteiger partial charge in [0.25, 0.3) is 0 Å². The highest BCUT2D eigenvalue weighted by Gasteiger charge is 2.62. The standard InChI is InChI=1S/C6H18O24P6/c7-31(8,9)25-1-2(26-32(10,11)12)4(28-34(16,17)18)6(30-36(22,23)24)5(29-35(19,20)21)3(1)27-33(13,14)15/h1-6H,(H2,7,8,9)(H2,10,11,12)(H2,13,14,15)(H2,16,17,18)(H2,19,20,21)(H2,22,23,24)/t1-,2+,3?,4?,5+,6?/m0/s1. The van der Waals surface area contributed by atoms with Gasteiger partial charge in [0.15, 0.2) is 0 Å². The lowest BCUT2D eigenvalue weighted by Crippen LogP contribution is -2.66. The number of hydrogen-bond donors (Lipinski definition) is 12. The third kappa shape index (κ3) is 13.1. The Labute approximate surface area is 197 Å². The fourth-order valence-corrected chi connectivity index (χ4v) is 6.14. The van der Waals surface area contributed by atoms with Crippen molar-refractivity contribution in [3.63, 3.8) is 0 Å². The summed E-state index contributed by atoms with van der Waals surface area (Å²) in [6.45, 7) is 0. The van der Waals surface area contributed by atoms with Crippen LogP contribution in [0, 0.1) is 0 Å². The molecule has 0 unspecified atom stereocenters. The van der Waals surface area contributed by atoms with E-state index in [1.807, 2.05) is 0 Å². The van der Waals surface area contributed by atoms with E-state index >= 15 is 0 Å². The zero-order valence-electron chi connectivity index (χ0n) is 16.4. The first-order chi connectivity index (χ1) is 15.6. The predicted octanol–water partition coefficient (Wildman–Crippen LogP) is -3.13. The molecule has 0 atom stereocenters. The maximum Gasteiger partial charge on any atom is 0.470 e. The maximum absolute atomic E-state index is 11.4. The molecule has 0 aliphatic heterocycles. The van der Waals surface area contributed by atoms with Gasteiger partial charge in [0.1, 0.15) is 36.6 Å². The molecule has 1 aliphatic rings. The van der Waals surface area contributed by atoms with Gasteiger partial charge in [0, 0.05) is 0 Å². The van der Waals surface area contributed by atoms with E-state index < -0.39 is 83.6 Å². The lowest BCUT2D eigenvalue weighted by atomic mass is 9.85. The van der Waals surface area contributed by atoms with Crippen LogP contribution in [0.5, 0.6) is 0 Å². The van der Waals surface area contributed by atoms with Gasteiger partial charge in [-0.15, -0.1) is 0 Å². The Morgan fingerprint density at radius 3 is 0.417 bits per heavy atom. The lowest BCUT2D eigenvalue weighted by molar-refractivity contribution is -0.202. The zero-order chi connectivity index (χ0) is 28.7. The van der Waals surface area contributed by atoms with Gasteiger partial charge in [-0.1, -0.05) is 0 Å². The van der Waals surface area contributed by atoms with Crippen LogP contribution >= 0.6 is 46.9 Å². The van der Waals surface area contributed by atoms with Crippen molar-refractivity contribution in [2.24, 2.45) is 0 Å². The van der Waals surface area contributed by atoms with Crippen LogP contribution in [0.25, 0.3) is 0 Å². The summed E-state index contributed by atoms with van der Waals surface area (Å²) in [6.07, 6.45) is -18.9. The molecule has 24 nitrogen and oxygen atoms in total. The van der Waals surface area contributed by atoms with Crippen LogP contribution in [-0.4, -0.2) is 95.3 Å². The molecule has 0 spiro atoms. The summed E-state index contributed by atoms with van der Waals surface area (Å²) in [5, 5.41) is 0. The van der Waals surface area contributed by atoms with Crippen molar-refractivity contribution in [1.82, 2.24) is 0 Å². The van der Waals surface area contributed by atoms with Crippen molar-refractivity contribution in [2.45, 2.75) is 36.6 Å². The monoisotopic (exact) mass is 660 g/mol. The van der Waals surface area contributed by atoms with Gasteiger partial charge in [0.05, 0.1) is 0 Å². The molecule has 36 heavy (non-hydrogen) atoms. The average molecular weight is 660 g/mol. The molecule has 1 saturated carbocycles. The second-order valence-corrected chi connectivity index (χ2v) is 13.5. The fourth-order valence-electron chi connectivity index (χ4n) is 2.79. The van der Waals surface area contributed by atoms with E-state index in [9.17, 15) is 27.4 Å². The van der Waals surface area contributed by atoms with Gasteiger partial charge < -0.3 is 58.7 Å². The van der Waals surface area contributed by atoms with E-state index in [0.29, 0.717) is 0 Å². The van der Waals surface area contributed by atoms with E-state index in [-0.39, 0.29) is 0 Å². The van der Waals surface area contributed by atoms with Crippen molar-refractivity contribution >= 4 is 46.9 Å². The first kappa shape index (κ1) is 34.7. The Bertz CT molecular complexity index is 818. The molecule has 0 saturated heterocycles. The molecular formula is C6H18O24P6. The smallest absolute Gasteiger partial charge is 0.303 e. The Morgan fingerprint density at radius 1 is 0.278 bits per heavy atom. The Kier molecular flexibility index (Phi) is 11.2. The summed E-state index contributed by atoms with van der Waals surface area (Å²) in [5.74, 6) is 0. The van der Waals surface area contributed by atoms with Crippen LogP contribution in [0.4, 0.5) is 0 Å². The van der Waals surface area contributed by atoms with Gasteiger partial charge >= 0.3 is 46.9 Å². The fraction of sp³-hybridized carbons (Fsp3) is 1.00. The minimum absolute atomic E-state index is 3.14. The molecule has 30 heteroatoms. The largest absolute Gasteiger partial charge is 0.470 e. The van der Waals surface area contributed by atoms with E-state index in [1.54, 1.807) is 0 Å². The molecular weight excluding hydrogens is 642 g/mol. The average Bonchev–Trinajstić information content (AvgIpc) is 2.51. The third-order valence-corrected chi connectivity index (χ3v) is 6.61. The van der Waals surface area contributed by atoms with Crippen LogP contribution in [0.1, 0.15) is 0 Å². The molecule has 1 rings (SSSR count). The van der Waals surface area contributed by atoms with Crippen LogP contribution in [0.15, 0.2) is 0 Å². The summed E-state index contributed by atoms with van der Waals surface area (Å²) in [7, 11) is -36.1. The summed E-state index contributed by atoms with van der Waals surface area (Å²) in [5.41, 5.74) is 0. The summed E-state index contributed by atoms with van der Waals surface area (Å²) < 4.78 is 93.1. The maximum atomic E-state index is 11.4. The molecule has 0 aromatic rings. The highest BCUT2D eigenvalue weighted by molar-refractivity contribution is 7.47. The quantitative estimate of drug-likeness (QED) is 0.0920. The van der Waals surface area contributed by atoms with E-state index in [2.05, 4.69) is 27.1 Å². The van der Waals surface area contributed by atoms with Gasteiger partial charge in [-0.3, -0.25) is 27.1 Å². The molecule has 1 fully saturated rings. The third-order valence-electron chi connectivity index (χ3n) is 3.50. The molecule has 0 aromatic carbocycles. The van der Waals surface area contributed by atoms with Gasteiger partial charge in [0.2, 0.25) is 0 Å². The Hall–Kier alpha value is 0.660. The Balaban J connectivity index is 4.04. The molecule has 0 aromatic heterocycles. The van der Waals surface area contributed by atoms with Gasteiger partial charge in [-0.05, 0) is 0 Å². The Morgan fingerprint density at radius 2 is 0.361 bits per heavy atom.